The molecule has 2 saturated heterocycles. The Hall–Kier alpha value is -1.56. The van der Waals surface area contributed by atoms with Gasteiger partial charge in [-0.15, -0.1) is 0 Å². The van der Waals surface area contributed by atoms with E-state index < -0.39 is 0 Å². The lowest BCUT2D eigenvalue weighted by Crippen LogP contribution is -2.49. The summed E-state index contributed by atoms with van der Waals surface area (Å²) in [6.07, 6.45) is 9.67. The number of piperidine rings is 1. The molecule has 2 aliphatic heterocycles. The van der Waals surface area contributed by atoms with Gasteiger partial charge in [-0.1, -0.05) is 6.92 Å². The molecule has 1 N–H and O–H groups in total. The Morgan fingerprint density at radius 2 is 2.21 bits per heavy atom. The highest BCUT2D eigenvalue weighted by Gasteiger charge is 2.29. The van der Waals surface area contributed by atoms with E-state index >= 15 is 0 Å². The van der Waals surface area contributed by atoms with Gasteiger partial charge in [0.2, 0.25) is 0 Å². The Labute approximate surface area is 145 Å². The van der Waals surface area contributed by atoms with Gasteiger partial charge in [0.25, 0.3) is 0 Å². The fourth-order valence-electron chi connectivity index (χ4n) is 3.92. The number of hydrogen-bond acceptors (Lipinski definition) is 3. The van der Waals surface area contributed by atoms with E-state index in [0.717, 1.165) is 32.1 Å². The average Bonchev–Trinajstić information content (AvgIpc) is 3.24. The standard InChI is InChI=1S/C18H32N6/c1-4-20-18(21-12-16-6-5-9-22(16)3)23-10-7-15(2)17(13-23)24-11-8-19-14-24/h8,11,14-17H,4-7,9-10,12-13H2,1-3H3,(H,20,21). The summed E-state index contributed by atoms with van der Waals surface area (Å²) >= 11 is 0. The van der Waals surface area contributed by atoms with E-state index in [1.54, 1.807) is 0 Å². The molecule has 2 aliphatic rings. The highest BCUT2D eigenvalue weighted by molar-refractivity contribution is 5.80. The second-order valence-electron chi connectivity index (χ2n) is 7.26. The number of likely N-dealkylation sites (tertiary alicyclic amines) is 2. The number of aromatic nitrogens is 2. The summed E-state index contributed by atoms with van der Waals surface area (Å²) in [4.78, 5) is 14.1. The van der Waals surface area contributed by atoms with Crippen LogP contribution in [0, 0.1) is 5.92 Å². The van der Waals surface area contributed by atoms with Gasteiger partial charge in [-0.2, -0.15) is 0 Å². The van der Waals surface area contributed by atoms with Gasteiger partial charge >= 0.3 is 0 Å². The second-order valence-corrected chi connectivity index (χ2v) is 7.26. The highest BCUT2D eigenvalue weighted by Crippen LogP contribution is 2.27. The van der Waals surface area contributed by atoms with Crippen molar-refractivity contribution in [1.29, 1.82) is 0 Å². The summed E-state index contributed by atoms with van der Waals surface area (Å²) in [6.45, 7) is 9.61. The number of guanidine groups is 1. The van der Waals surface area contributed by atoms with E-state index in [-0.39, 0.29) is 0 Å². The minimum Gasteiger partial charge on any atom is -0.357 e. The maximum atomic E-state index is 4.98. The highest BCUT2D eigenvalue weighted by atomic mass is 15.3. The lowest BCUT2D eigenvalue weighted by atomic mass is 9.93. The number of imidazole rings is 1. The van der Waals surface area contributed by atoms with Crippen molar-refractivity contribution in [1.82, 2.24) is 24.7 Å². The van der Waals surface area contributed by atoms with Crippen molar-refractivity contribution in [2.45, 2.75) is 45.2 Å². The lowest BCUT2D eigenvalue weighted by Gasteiger charge is -2.39. The first kappa shape index (κ1) is 17.3. The molecule has 1 aromatic rings. The van der Waals surface area contributed by atoms with Gasteiger partial charge in [-0.05, 0) is 45.7 Å². The molecular weight excluding hydrogens is 300 g/mol. The Balaban J connectivity index is 1.68. The van der Waals surface area contributed by atoms with Crippen LogP contribution in [0.1, 0.15) is 39.2 Å². The average molecular weight is 332 g/mol. The zero-order valence-corrected chi connectivity index (χ0v) is 15.4. The summed E-state index contributed by atoms with van der Waals surface area (Å²) in [6, 6.07) is 1.08. The lowest BCUT2D eigenvalue weighted by molar-refractivity contribution is 0.188. The first-order valence-corrected chi connectivity index (χ1v) is 9.40. The molecule has 1 aromatic heterocycles. The Morgan fingerprint density at radius 3 is 2.88 bits per heavy atom. The predicted octanol–water partition coefficient (Wildman–Crippen LogP) is 1.83. The minimum atomic E-state index is 0.472. The molecule has 0 aliphatic carbocycles. The van der Waals surface area contributed by atoms with Gasteiger partial charge < -0.3 is 19.7 Å². The van der Waals surface area contributed by atoms with Crippen molar-refractivity contribution in [3.63, 3.8) is 0 Å². The summed E-state index contributed by atoms with van der Waals surface area (Å²) in [5, 5.41) is 3.50. The van der Waals surface area contributed by atoms with Crippen molar-refractivity contribution in [2.75, 3.05) is 39.8 Å². The molecule has 24 heavy (non-hydrogen) atoms. The van der Waals surface area contributed by atoms with Crippen LogP contribution in [0.15, 0.2) is 23.7 Å². The maximum absolute atomic E-state index is 4.98. The molecule has 134 valence electrons. The number of nitrogens with zero attached hydrogens (tertiary/aromatic N) is 5. The third-order valence-electron chi connectivity index (χ3n) is 5.58. The number of likely N-dealkylation sites (N-methyl/N-ethyl adjacent to an activating group) is 1. The van der Waals surface area contributed by atoms with Crippen molar-refractivity contribution < 1.29 is 0 Å². The van der Waals surface area contributed by atoms with E-state index in [1.165, 1.54) is 25.8 Å². The maximum Gasteiger partial charge on any atom is 0.194 e. The molecule has 0 aromatic carbocycles. The zero-order chi connectivity index (χ0) is 16.9. The molecule has 6 heteroatoms. The SMILES string of the molecule is CCNC(=NCC1CCCN1C)N1CCC(C)C(n2ccnc2)C1. The van der Waals surface area contributed by atoms with Crippen LogP contribution >= 0.6 is 0 Å². The molecule has 3 atom stereocenters. The van der Waals surface area contributed by atoms with E-state index in [1.807, 2.05) is 12.5 Å². The minimum absolute atomic E-state index is 0.472. The second kappa shape index (κ2) is 8.01. The number of rotatable bonds is 4. The van der Waals surface area contributed by atoms with Gasteiger partial charge in [0.05, 0.1) is 18.9 Å². The van der Waals surface area contributed by atoms with Gasteiger partial charge in [0, 0.05) is 38.1 Å². The van der Waals surface area contributed by atoms with E-state index in [0.29, 0.717) is 18.0 Å². The number of hydrogen-bond donors (Lipinski definition) is 1. The molecule has 0 saturated carbocycles. The third-order valence-corrected chi connectivity index (χ3v) is 5.58. The van der Waals surface area contributed by atoms with Gasteiger partial charge in [0.15, 0.2) is 5.96 Å². The first-order chi connectivity index (χ1) is 11.7. The van der Waals surface area contributed by atoms with Crippen LogP contribution in [0.25, 0.3) is 0 Å². The van der Waals surface area contributed by atoms with Crippen LogP contribution in [0.5, 0.6) is 0 Å². The van der Waals surface area contributed by atoms with E-state index in [9.17, 15) is 0 Å². The molecule has 3 unspecified atom stereocenters. The van der Waals surface area contributed by atoms with Crippen LogP contribution in [-0.2, 0) is 0 Å². The van der Waals surface area contributed by atoms with E-state index in [2.05, 4.69) is 51.8 Å². The monoisotopic (exact) mass is 332 g/mol. The van der Waals surface area contributed by atoms with E-state index in [4.69, 9.17) is 4.99 Å². The smallest absolute Gasteiger partial charge is 0.194 e. The predicted molar refractivity (Wildman–Crippen MR) is 98.2 cm³/mol. The van der Waals surface area contributed by atoms with Crippen LogP contribution < -0.4 is 5.32 Å². The fourth-order valence-corrected chi connectivity index (χ4v) is 3.92. The van der Waals surface area contributed by atoms with Crippen molar-refractivity contribution in [3.8, 4) is 0 Å². The Bertz CT molecular complexity index is 526. The molecule has 3 heterocycles. The summed E-state index contributed by atoms with van der Waals surface area (Å²) in [7, 11) is 2.22. The van der Waals surface area contributed by atoms with Gasteiger partial charge in [-0.25, -0.2) is 4.98 Å². The van der Waals surface area contributed by atoms with Crippen molar-refractivity contribution in [2.24, 2.45) is 10.9 Å². The van der Waals surface area contributed by atoms with Crippen molar-refractivity contribution in [3.05, 3.63) is 18.7 Å². The first-order valence-electron chi connectivity index (χ1n) is 9.40. The summed E-state index contributed by atoms with van der Waals surface area (Å²) < 4.78 is 2.26. The molecule has 2 fully saturated rings. The van der Waals surface area contributed by atoms with Gasteiger partial charge in [0.1, 0.15) is 0 Å². The quantitative estimate of drug-likeness (QED) is 0.675. The topological polar surface area (TPSA) is 48.7 Å². The molecule has 3 rings (SSSR count). The fraction of sp³-hybridized carbons (Fsp3) is 0.778. The summed E-state index contributed by atoms with van der Waals surface area (Å²) in [5.74, 6) is 1.74. The normalized spacial score (nSPS) is 29.2. The number of aliphatic imine (C=N–C) groups is 1. The molecule has 0 amide bonds. The Kier molecular flexibility index (Phi) is 5.76. The molecule has 0 bridgehead atoms. The number of nitrogens with one attached hydrogen (secondary N) is 1. The van der Waals surface area contributed by atoms with Crippen LogP contribution in [0.4, 0.5) is 0 Å². The molecule has 0 spiro atoms. The summed E-state index contributed by atoms with van der Waals surface area (Å²) in [5.41, 5.74) is 0. The van der Waals surface area contributed by atoms with Crippen molar-refractivity contribution >= 4 is 5.96 Å². The Morgan fingerprint density at radius 1 is 1.33 bits per heavy atom. The molecule has 6 nitrogen and oxygen atoms in total. The van der Waals surface area contributed by atoms with Crippen LogP contribution in [-0.4, -0.2) is 71.1 Å². The zero-order valence-electron chi connectivity index (χ0n) is 15.4. The largest absolute Gasteiger partial charge is 0.357 e. The van der Waals surface area contributed by atoms with Crippen LogP contribution in [0.2, 0.25) is 0 Å². The molecule has 0 radical (unpaired) electrons. The third kappa shape index (κ3) is 3.91. The van der Waals surface area contributed by atoms with Crippen LogP contribution in [0.3, 0.4) is 0 Å². The van der Waals surface area contributed by atoms with Gasteiger partial charge in [-0.3, -0.25) is 4.99 Å². The molecular formula is C18H32N6.